The second kappa shape index (κ2) is 7.21. The molecule has 1 aliphatic heterocycles. The van der Waals surface area contributed by atoms with Gasteiger partial charge in [-0.25, -0.2) is 9.97 Å². The van der Waals surface area contributed by atoms with Crippen molar-refractivity contribution in [2.45, 2.75) is 25.4 Å². The molecule has 3 heterocycles. The molecule has 4 rings (SSSR count). The molecule has 1 atom stereocenters. The molecule has 0 spiro atoms. The maximum atomic E-state index is 12.9. The molecule has 1 unspecified atom stereocenters. The summed E-state index contributed by atoms with van der Waals surface area (Å²) in [4.78, 5) is 35.7. The van der Waals surface area contributed by atoms with E-state index in [1.807, 2.05) is 35.7 Å². The lowest BCUT2D eigenvalue weighted by Gasteiger charge is -2.23. The van der Waals surface area contributed by atoms with E-state index in [-0.39, 0.29) is 11.8 Å². The molecule has 7 heteroatoms. The summed E-state index contributed by atoms with van der Waals surface area (Å²) in [6.45, 7) is 0.956. The molecule has 3 aromatic rings. The van der Waals surface area contributed by atoms with Crippen LogP contribution in [0.2, 0.25) is 0 Å². The van der Waals surface area contributed by atoms with Crippen molar-refractivity contribution in [2.24, 2.45) is 0 Å². The van der Waals surface area contributed by atoms with E-state index in [0.29, 0.717) is 25.2 Å². The zero-order valence-corrected chi connectivity index (χ0v) is 14.9. The molecule has 1 fully saturated rings. The SMILES string of the molecule is O=C(NCc1cscn1)C1CCCN1C(=O)c1ccc2ccccc2n1. The van der Waals surface area contributed by atoms with Crippen LogP contribution in [-0.2, 0) is 11.3 Å². The molecule has 1 aliphatic rings. The molecule has 0 bridgehead atoms. The number of nitrogens with zero attached hydrogens (tertiary/aromatic N) is 3. The number of rotatable bonds is 4. The van der Waals surface area contributed by atoms with E-state index in [1.165, 1.54) is 11.3 Å². The van der Waals surface area contributed by atoms with Gasteiger partial charge >= 0.3 is 0 Å². The number of likely N-dealkylation sites (tertiary alicyclic amines) is 1. The molecule has 2 amide bonds. The molecule has 0 aliphatic carbocycles. The number of thiazole rings is 1. The van der Waals surface area contributed by atoms with Crippen LogP contribution in [0.25, 0.3) is 10.9 Å². The van der Waals surface area contributed by atoms with E-state index in [9.17, 15) is 9.59 Å². The van der Waals surface area contributed by atoms with Crippen LogP contribution < -0.4 is 5.32 Å². The van der Waals surface area contributed by atoms with Crippen LogP contribution >= 0.6 is 11.3 Å². The van der Waals surface area contributed by atoms with Crippen molar-refractivity contribution in [1.82, 2.24) is 20.2 Å². The summed E-state index contributed by atoms with van der Waals surface area (Å²) in [6.07, 6.45) is 1.48. The normalized spacial score (nSPS) is 16.8. The standard InChI is InChI=1S/C19H18N4O2S/c24-18(20-10-14-11-26-12-21-14)17-6-3-9-23(17)19(25)16-8-7-13-4-1-2-5-15(13)22-16/h1-2,4-5,7-8,11-12,17H,3,6,9-10H2,(H,20,24). The third kappa shape index (κ3) is 3.30. The Labute approximate surface area is 154 Å². The van der Waals surface area contributed by atoms with Gasteiger partial charge in [0.15, 0.2) is 0 Å². The largest absolute Gasteiger partial charge is 0.349 e. The minimum absolute atomic E-state index is 0.135. The predicted molar refractivity (Wildman–Crippen MR) is 99.8 cm³/mol. The smallest absolute Gasteiger partial charge is 0.273 e. The molecule has 1 N–H and O–H groups in total. The van der Waals surface area contributed by atoms with Gasteiger partial charge in [0.2, 0.25) is 5.91 Å². The van der Waals surface area contributed by atoms with E-state index >= 15 is 0 Å². The van der Waals surface area contributed by atoms with Crippen molar-refractivity contribution in [1.29, 1.82) is 0 Å². The number of carbonyl (C=O) groups is 2. The Morgan fingerprint density at radius 2 is 2.12 bits per heavy atom. The van der Waals surface area contributed by atoms with Crippen LogP contribution in [0.3, 0.4) is 0 Å². The lowest BCUT2D eigenvalue weighted by molar-refractivity contribution is -0.125. The van der Waals surface area contributed by atoms with Gasteiger partial charge in [0.05, 0.1) is 23.3 Å². The Kier molecular flexibility index (Phi) is 4.62. The first-order valence-electron chi connectivity index (χ1n) is 8.54. The highest BCUT2D eigenvalue weighted by molar-refractivity contribution is 7.07. The molecule has 2 aromatic heterocycles. The monoisotopic (exact) mass is 366 g/mol. The molecule has 132 valence electrons. The van der Waals surface area contributed by atoms with Crippen molar-refractivity contribution < 1.29 is 9.59 Å². The second-order valence-corrected chi connectivity index (χ2v) is 6.96. The summed E-state index contributed by atoms with van der Waals surface area (Å²) in [5.41, 5.74) is 3.72. The van der Waals surface area contributed by atoms with Crippen LogP contribution in [0.15, 0.2) is 47.3 Å². The summed E-state index contributed by atoms with van der Waals surface area (Å²) in [5, 5.41) is 5.77. The Morgan fingerprint density at radius 3 is 2.96 bits per heavy atom. The van der Waals surface area contributed by atoms with Crippen molar-refractivity contribution in [3.63, 3.8) is 0 Å². The molecule has 1 saturated heterocycles. The second-order valence-electron chi connectivity index (χ2n) is 6.24. The fraction of sp³-hybridized carbons (Fsp3) is 0.263. The number of benzene rings is 1. The predicted octanol–water partition coefficient (Wildman–Crippen LogP) is 2.61. The van der Waals surface area contributed by atoms with Crippen molar-refractivity contribution in [3.05, 3.63) is 58.7 Å². The van der Waals surface area contributed by atoms with Crippen LogP contribution in [0.4, 0.5) is 0 Å². The fourth-order valence-electron chi connectivity index (χ4n) is 3.23. The highest BCUT2D eigenvalue weighted by Gasteiger charge is 2.35. The minimum atomic E-state index is -0.450. The van der Waals surface area contributed by atoms with Gasteiger partial charge in [-0.3, -0.25) is 9.59 Å². The first-order chi connectivity index (χ1) is 12.7. The summed E-state index contributed by atoms with van der Waals surface area (Å²) in [6, 6.07) is 10.9. The zero-order chi connectivity index (χ0) is 17.9. The summed E-state index contributed by atoms with van der Waals surface area (Å²) < 4.78 is 0. The van der Waals surface area contributed by atoms with Gasteiger partial charge in [-0.15, -0.1) is 11.3 Å². The number of nitrogens with one attached hydrogen (secondary N) is 1. The lowest BCUT2D eigenvalue weighted by atomic mass is 10.1. The molecular weight excluding hydrogens is 348 g/mol. The van der Waals surface area contributed by atoms with E-state index in [0.717, 1.165) is 23.0 Å². The first-order valence-corrected chi connectivity index (χ1v) is 9.48. The number of pyridine rings is 1. The number of amides is 2. The summed E-state index contributed by atoms with van der Waals surface area (Å²) in [7, 11) is 0. The van der Waals surface area contributed by atoms with Crippen LogP contribution in [-0.4, -0.2) is 39.3 Å². The van der Waals surface area contributed by atoms with Gasteiger partial charge < -0.3 is 10.2 Å². The molecule has 0 radical (unpaired) electrons. The molecule has 6 nitrogen and oxygen atoms in total. The zero-order valence-electron chi connectivity index (χ0n) is 14.1. The minimum Gasteiger partial charge on any atom is -0.349 e. The number of para-hydroxylation sites is 1. The van der Waals surface area contributed by atoms with Crippen molar-refractivity contribution >= 4 is 34.1 Å². The van der Waals surface area contributed by atoms with Crippen molar-refractivity contribution in [2.75, 3.05) is 6.54 Å². The highest BCUT2D eigenvalue weighted by atomic mass is 32.1. The Balaban J connectivity index is 1.49. The Bertz CT molecular complexity index is 942. The molecule has 0 saturated carbocycles. The highest BCUT2D eigenvalue weighted by Crippen LogP contribution is 2.21. The van der Waals surface area contributed by atoms with Crippen molar-refractivity contribution in [3.8, 4) is 0 Å². The number of fused-ring (bicyclic) bond motifs is 1. The number of aromatic nitrogens is 2. The number of hydrogen-bond acceptors (Lipinski definition) is 5. The molecular formula is C19H18N4O2S. The summed E-state index contributed by atoms with van der Waals surface area (Å²) in [5.74, 6) is -0.327. The van der Waals surface area contributed by atoms with E-state index < -0.39 is 6.04 Å². The van der Waals surface area contributed by atoms with Gasteiger partial charge in [0, 0.05) is 17.3 Å². The third-order valence-electron chi connectivity index (χ3n) is 4.56. The maximum Gasteiger partial charge on any atom is 0.273 e. The maximum absolute atomic E-state index is 12.9. The quantitative estimate of drug-likeness (QED) is 0.770. The lowest BCUT2D eigenvalue weighted by Crippen LogP contribution is -2.46. The van der Waals surface area contributed by atoms with Crippen LogP contribution in [0.1, 0.15) is 29.0 Å². The van der Waals surface area contributed by atoms with Gasteiger partial charge in [0.1, 0.15) is 11.7 Å². The molecule has 26 heavy (non-hydrogen) atoms. The average molecular weight is 366 g/mol. The summed E-state index contributed by atoms with van der Waals surface area (Å²) >= 11 is 1.49. The van der Waals surface area contributed by atoms with E-state index in [2.05, 4.69) is 15.3 Å². The topological polar surface area (TPSA) is 75.2 Å². The van der Waals surface area contributed by atoms with Gasteiger partial charge in [0.25, 0.3) is 5.91 Å². The van der Waals surface area contributed by atoms with Crippen LogP contribution in [0, 0.1) is 0 Å². The van der Waals surface area contributed by atoms with Gasteiger partial charge in [-0.05, 0) is 25.0 Å². The average Bonchev–Trinajstić information content (AvgIpc) is 3.37. The Hall–Kier alpha value is -2.80. The van der Waals surface area contributed by atoms with Gasteiger partial charge in [-0.1, -0.05) is 24.3 Å². The number of hydrogen-bond donors (Lipinski definition) is 1. The van der Waals surface area contributed by atoms with E-state index in [4.69, 9.17) is 0 Å². The Morgan fingerprint density at radius 1 is 1.23 bits per heavy atom. The fourth-order valence-corrected chi connectivity index (χ4v) is 3.79. The van der Waals surface area contributed by atoms with Gasteiger partial charge in [-0.2, -0.15) is 0 Å². The third-order valence-corrected chi connectivity index (χ3v) is 5.20. The number of carbonyl (C=O) groups excluding carboxylic acids is 2. The van der Waals surface area contributed by atoms with Crippen LogP contribution in [0.5, 0.6) is 0 Å². The molecule has 1 aromatic carbocycles. The van der Waals surface area contributed by atoms with E-state index in [1.54, 1.807) is 16.5 Å². The first kappa shape index (κ1) is 16.7.